The number of aliphatic hydroxyl groups is 1. The van der Waals surface area contributed by atoms with Gasteiger partial charge in [-0.1, -0.05) is 142 Å². The summed E-state index contributed by atoms with van der Waals surface area (Å²) in [6, 6.07) is 0. The molecule has 0 radical (unpaired) electrons. The van der Waals surface area contributed by atoms with Crippen LogP contribution in [0.4, 0.5) is 0 Å². The standard InChI is InChI=1S/C45H84O5S2/c1-3-5-7-9-11-13-21-35-44(47)49-40(37-51-42-31-17-15-18-32-42)29-25-23-27-39(46)28-24-26-30-41(38-52-43-33-19-16-20-34-43)50-45(48)36-22-14-12-10-8-6-4-2/h39-43,46H,3-38H2,1-2H3. The third-order valence-electron chi connectivity index (χ3n) is 11.3. The predicted octanol–water partition coefficient (Wildman–Crippen LogP) is 13.7. The van der Waals surface area contributed by atoms with E-state index in [1.807, 2.05) is 23.5 Å². The number of carbonyl (C=O) groups is 2. The largest absolute Gasteiger partial charge is 0.461 e. The molecule has 0 spiro atoms. The molecule has 2 atom stereocenters. The van der Waals surface area contributed by atoms with Gasteiger partial charge in [0.05, 0.1) is 6.10 Å². The van der Waals surface area contributed by atoms with E-state index in [1.165, 1.54) is 128 Å². The minimum atomic E-state index is -0.287. The average molecular weight is 769 g/mol. The molecule has 0 heterocycles. The molecule has 52 heavy (non-hydrogen) atoms. The molecule has 5 nitrogen and oxygen atoms in total. The number of unbranched alkanes of at least 4 members (excludes halogenated alkanes) is 14. The Labute approximate surface area is 330 Å². The van der Waals surface area contributed by atoms with Crippen LogP contribution in [0.3, 0.4) is 0 Å². The Morgan fingerprint density at radius 2 is 0.846 bits per heavy atom. The molecule has 2 aliphatic rings. The van der Waals surface area contributed by atoms with Gasteiger partial charge in [0.2, 0.25) is 0 Å². The van der Waals surface area contributed by atoms with Crippen molar-refractivity contribution in [3.8, 4) is 0 Å². The number of hydrogen-bond acceptors (Lipinski definition) is 7. The van der Waals surface area contributed by atoms with E-state index in [1.54, 1.807) is 0 Å². The average Bonchev–Trinajstić information content (AvgIpc) is 3.16. The summed E-state index contributed by atoms with van der Waals surface area (Å²) in [5.41, 5.74) is 0. The highest BCUT2D eigenvalue weighted by atomic mass is 32.2. The van der Waals surface area contributed by atoms with Crippen molar-refractivity contribution in [1.82, 2.24) is 0 Å². The van der Waals surface area contributed by atoms with Crippen molar-refractivity contribution in [2.24, 2.45) is 0 Å². The van der Waals surface area contributed by atoms with E-state index in [2.05, 4.69) is 13.8 Å². The third kappa shape index (κ3) is 27.2. The summed E-state index contributed by atoms with van der Waals surface area (Å²) in [6.07, 6.45) is 38.4. The number of hydrogen-bond donors (Lipinski definition) is 1. The van der Waals surface area contributed by atoms with E-state index in [4.69, 9.17) is 9.47 Å². The molecule has 0 aliphatic heterocycles. The molecule has 0 bridgehead atoms. The summed E-state index contributed by atoms with van der Waals surface area (Å²) in [6.45, 7) is 4.49. The van der Waals surface area contributed by atoms with Gasteiger partial charge in [0, 0.05) is 34.8 Å². The molecule has 306 valence electrons. The molecule has 1 N–H and O–H groups in total. The molecule has 0 saturated heterocycles. The highest BCUT2D eigenvalue weighted by molar-refractivity contribution is 8.00. The minimum absolute atomic E-state index is 0.00181. The second-order valence-electron chi connectivity index (χ2n) is 16.4. The van der Waals surface area contributed by atoms with Gasteiger partial charge in [0.15, 0.2) is 0 Å². The highest BCUT2D eigenvalue weighted by Gasteiger charge is 2.21. The maximum atomic E-state index is 12.8. The quantitative estimate of drug-likeness (QED) is 0.0516. The molecular weight excluding hydrogens is 685 g/mol. The first-order chi connectivity index (χ1) is 25.5. The Balaban J connectivity index is 1.66. The third-order valence-corrected chi connectivity index (χ3v) is 14.3. The zero-order valence-corrected chi connectivity index (χ0v) is 35.9. The molecule has 0 aromatic heterocycles. The first kappa shape index (κ1) is 47.8. The van der Waals surface area contributed by atoms with E-state index < -0.39 is 0 Å². The van der Waals surface area contributed by atoms with Gasteiger partial charge in [0.1, 0.15) is 12.2 Å². The van der Waals surface area contributed by atoms with Gasteiger partial charge in [-0.25, -0.2) is 0 Å². The van der Waals surface area contributed by atoms with E-state index >= 15 is 0 Å². The number of esters is 2. The Bertz CT molecular complexity index is 763. The Kier molecular flexibility index (Phi) is 31.1. The van der Waals surface area contributed by atoms with Crippen LogP contribution < -0.4 is 0 Å². The molecule has 2 unspecified atom stereocenters. The van der Waals surface area contributed by atoms with Crippen LogP contribution in [0.15, 0.2) is 0 Å². The number of thioether (sulfide) groups is 2. The van der Waals surface area contributed by atoms with Gasteiger partial charge in [-0.2, -0.15) is 23.5 Å². The predicted molar refractivity (Wildman–Crippen MR) is 227 cm³/mol. The van der Waals surface area contributed by atoms with Gasteiger partial charge in [0.25, 0.3) is 0 Å². The summed E-state index contributed by atoms with van der Waals surface area (Å²) in [5, 5.41) is 12.3. The van der Waals surface area contributed by atoms with Crippen LogP contribution in [0.1, 0.15) is 232 Å². The van der Waals surface area contributed by atoms with Crippen molar-refractivity contribution >= 4 is 35.5 Å². The van der Waals surface area contributed by atoms with Crippen molar-refractivity contribution in [2.75, 3.05) is 11.5 Å². The van der Waals surface area contributed by atoms with Gasteiger partial charge in [-0.3, -0.25) is 9.59 Å². The van der Waals surface area contributed by atoms with Crippen LogP contribution in [-0.2, 0) is 19.1 Å². The van der Waals surface area contributed by atoms with Crippen molar-refractivity contribution in [3.63, 3.8) is 0 Å². The Morgan fingerprint density at radius 3 is 1.23 bits per heavy atom. The SMILES string of the molecule is CCCCCCCCCC(=O)OC(CCCCC(O)CCCCC(CSC1CCCCC1)OC(=O)CCCCCCCCC)CSC1CCCCC1. The van der Waals surface area contributed by atoms with Gasteiger partial charge in [-0.15, -0.1) is 0 Å². The normalized spacial score (nSPS) is 17.5. The highest BCUT2D eigenvalue weighted by Crippen LogP contribution is 2.31. The lowest BCUT2D eigenvalue weighted by molar-refractivity contribution is -0.149. The lowest BCUT2D eigenvalue weighted by atomic mass is 10.0. The van der Waals surface area contributed by atoms with Crippen LogP contribution in [0.2, 0.25) is 0 Å². The molecule has 2 fully saturated rings. The summed E-state index contributed by atoms with van der Waals surface area (Å²) in [4.78, 5) is 25.5. The minimum Gasteiger partial charge on any atom is -0.461 e. The molecule has 0 aromatic carbocycles. The lowest BCUT2D eigenvalue weighted by Crippen LogP contribution is -2.23. The van der Waals surface area contributed by atoms with Gasteiger partial charge < -0.3 is 14.6 Å². The number of aliphatic hydroxyl groups excluding tert-OH is 1. The molecule has 2 saturated carbocycles. The molecule has 0 aromatic rings. The number of ether oxygens (including phenoxy) is 2. The van der Waals surface area contributed by atoms with E-state index in [9.17, 15) is 14.7 Å². The number of rotatable bonds is 34. The van der Waals surface area contributed by atoms with Crippen LogP contribution in [0, 0.1) is 0 Å². The second kappa shape index (κ2) is 33.9. The maximum absolute atomic E-state index is 12.8. The summed E-state index contributed by atoms with van der Waals surface area (Å²) in [5.74, 6) is 1.81. The zero-order valence-electron chi connectivity index (χ0n) is 34.2. The van der Waals surface area contributed by atoms with E-state index in [0.717, 1.165) is 99.1 Å². The maximum Gasteiger partial charge on any atom is 0.306 e. The molecule has 0 amide bonds. The van der Waals surface area contributed by atoms with Crippen LogP contribution in [0.5, 0.6) is 0 Å². The molecule has 2 rings (SSSR count). The molecule has 7 heteroatoms. The lowest BCUT2D eigenvalue weighted by Gasteiger charge is -2.24. The summed E-state index contributed by atoms with van der Waals surface area (Å²) < 4.78 is 12.1. The van der Waals surface area contributed by atoms with Crippen molar-refractivity contribution in [2.45, 2.75) is 261 Å². The number of carbonyl (C=O) groups excluding carboxylic acids is 2. The summed E-state index contributed by atoms with van der Waals surface area (Å²) >= 11 is 4.06. The van der Waals surface area contributed by atoms with Crippen molar-refractivity contribution in [3.05, 3.63) is 0 Å². The summed E-state index contributed by atoms with van der Waals surface area (Å²) in [7, 11) is 0. The van der Waals surface area contributed by atoms with E-state index in [-0.39, 0.29) is 30.3 Å². The second-order valence-corrected chi connectivity index (χ2v) is 19.0. The van der Waals surface area contributed by atoms with E-state index in [0.29, 0.717) is 12.8 Å². The zero-order chi connectivity index (χ0) is 37.3. The fourth-order valence-corrected chi connectivity index (χ4v) is 10.7. The topological polar surface area (TPSA) is 72.8 Å². The first-order valence-corrected chi connectivity index (χ1v) is 24.9. The van der Waals surface area contributed by atoms with Gasteiger partial charge >= 0.3 is 11.9 Å². The van der Waals surface area contributed by atoms with Gasteiger partial charge in [-0.05, 0) is 77.0 Å². The van der Waals surface area contributed by atoms with Crippen molar-refractivity contribution < 1.29 is 24.2 Å². The Morgan fingerprint density at radius 1 is 0.500 bits per heavy atom. The van der Waals surface area contributed by atoms with Crippen LogP contribution in [0.25, 0.3) is 0 Å². The smallest absolute Gasteiger partial charge is 0.306 e. The monoisotopic (exact) mass is 769 g/mol. The molecule has 2 aliphatic carbocycles. The van der Waals surface area contributed by atoms with Crippen LogP contribution in [-0.4, -0.2) is 57.4 Å². The first-order valence-electron chi connectivity index (χ1n) is 22.8. The fourth-order valence-electron chi connectivity index (χ4n) is 7.89. The van der Waals surface area contributed by atoms with Crippen molar-refractivity contribution in [1.29, 1.82) is 0 Å². The molecular formula is C45H84O5S2. The Hall–Kier alpha value is -0.400. The fraction of sp³-hybridized carbons (Fsp3) is 0.956. The van der Waals surface area contributed by atoms with Crippen LogP contribution >= 0.6 is 23.5 Å².